The Morgan fingerprint density at radius 1 is 1.21 bits per heavy atom. The number of hydrogen-bond donors (Lipinski definition) is 0. The molecule has 2 fully saturated rings. The van der Waals surface area contributed by atoms with Gasteiger partial charge < -0.3 is 14.5 Å². The molecule has 0 aliphatic carbocycles. The van der Waals surface area contributed by atoms with E-state index in [0.29, 0.717) is 13.2 Å². The molecule has 2 aliphatic rings. The van der Waals surface area contributed by atoms with Crippen molar-refractivity contribution in [3.05, 3.63) is 18.5 Å². The van der Waals surface area contributed by atoms with Gasteiger partial charge in [-0.2, -0.15) is 0 Å². The van der Waals surface area contributed by atoms with Crippen LogP contribution in [0.1, 0.15) is 6.42 Å². The van der Waals surface area contributed by atoms with Crippen LogP contribution in [0.25, 0.3) is 0 Å². The van der Waals surface area contributed by atoms with E-state index in [1.807, 2.05) is 11.0 Å². The molecule has 0 aromatic carbocycles. The van der Waals surface area contributed by atoms with Crippen LogP contribution in [0.15, 0.2) is 18.5 Å². The first-order chi connectivity index (χ1) is 9.34. The molecule has 1 aromatic heterocycles. The standard InChI is InChI=1S/C13H18N4O2/c18-12(11-2-9-19-10-11)16-5-7-17(8-6-16)13-14-3-1-4-15-13/h1,3-4,11H,2,5-10H2. The highest BCUT2D eigenvalue weighted by atomic mass is 16.5. The Bertz CT molecular complexity index is 426. The van der Waals surface area contributed by atoms with Crippen molar-refractivity contribution in [1.82, 2.24) is 14.9 Å². The lowest BCUT2D eigenvalue weighted by atomic mass is 10.1. The lowest BCUT2D eigenvalue weighted by Crippen LogP contribution is -2.51. The molecule has 1 aromatic rings. The SMILES string of the molecule is O=C(C1CCOC1)N1CCN(c2ncccn2)CC1. The minimum Gasteiger partial charge on any atom is -0.381 e. The number of amides is 1. The highest BCUT2D eigenvalue weighted by Crippen LogP contribution is 2.17. The average Bonchev–Trinajstić information content (AvgIpc) is 3.02. The average molecular weight is 262 g/mol. The second-order valence-electron chi connectivity index (χ2n) is 4.92. The molecule has 1 unspecified atom stereocenters. The van der Waals surface area contributed by atoms with Crippen LogP contribution >= 0.6 is 0 Å². The third kappa shape index (κ3) is 2.68. The molecule has 0 bridgehead atoms. The Labute approximate surface area is 112 Å². The quantitative estimate of drug-likeness (QED) is 0.760. The fourth-order valence-electron chi connectivity index (χ4n) is 2.57. The van der Waals surface area contributed by atoms with Crippen LogP contribution in [-0.2, 0) is 9.53 Å². The molecular formula is C13H18N4O2. The third-order valence-corrected chi connectivity index (χ3v) is 3.71. The Balaban J connectivity index is 1.56. The van der Waals surface area contributed by atoms with Crippen molar-refractivity contribution in [3.8, 4) is 0 Å². The maximum Gasteiger partial charge on any atom is 0.228 e. The van der Waals surface area contributed by atoms with E-state index in [1.165, 1.54) is 0 Å². The van der Waals surface area contributed by atoms with Crippen LogP contribution in [-0.4, -0.2) is 60.2 Å². The minimum absolute atomic E-state index is 0.0690. The number of carbonyl (C=O) groups excluding carboxylic acids is 1. The second kappa shape index (κ2) is 5.52. The van der Waals surface area contributed by atoms with E-state index in [-0.39, 0.29) is 11.8 Å². The number of anilines is 1. The Morgan fingerprint density at radius 3 is 2.58 bits per heavy atom. The summed E-state index contributed by atoms with van der Waals surface area (Å²) in [6.07, 6.45) is 4.35. The number of piperazine rings is 1. The number of hydrogen-bond acceptors (Lipinski definition) is 5. The molecular weight excluding hydrogens is 244 g/mol. The van der Waals surface area contributed by atoms with E-state index < -0.39 is 0 Å². The highest BCUT2D eigenvalue weighted by Gasteiger charge is 2.30. The first-order valence-electron chi connectivity index (χ1n) is 6.73. The van der Waals surface area contributed by atoms with Gasteiger partial charge in [0.05, 0.1) is 12.5 Å². The first-order valence-corrected chi connectivity index (χ1v) is 6.73. The summed E-state index contributed by atoms with van der Waals surface area (Å²) in [5, 5.41) is 0. The molecule has 1 amide bonds. The lowest BCUT2D eigenvalue weighted by molar-refractivity contribution is -0.135. The van der Waals surface area contributed by atoms with Crippen molar-refractivity contribution < 1.29 is 9.53 Å². The molecule has 2 aliphatic heterocycles. The summed E-state index contributed by atoms with van der Waals surface area (Å²) in [5.41, 5.74) is 0. The molecule has 6 heteroatoms. The number of ether oxygens (including phenoxy) is 1. The Hall–Kier alpha value is -1.69. The van der Waals surface area contributed by atoms with Gasteiger partial charge in [-0.1, -0.05) is 0 Å². The van der Waals surface area contributed by atoms with Gasteiger partial charge in [-0.3, -0.25) is 4.79 Å². The molecule has 0 saturated carbocycles. The largest absolute Gasteiger partial charge is 0.381 e. The Morgan fingerprint density at radius 2 is 1.95 bits per heavy atom. The normalized spacial score (nSPS) is 23.7. The molecule has 6 nitrogen and oxygen atoms in total. The van der Waals surface area contributed by atoms with Gasteiger partial charge in [0.25, 0.3) is 0 Å². The van der Waals surface area contributed by atoms with Gasteiger partial charge in [0.1, 0.15) is 0 Å². The molecule has 19 heavy (non-hydrogen) atoms. The van der Waals surface area contributed by atoms with Crippen LogP contribution in [0.4, 0.5) is 5.95 Å². The van der Waals surface area contributed by atoms with Gasteiger partial charge >= 0.3 is 0 Å². The molecule has 3 heterocycles. The van der Waals surface area contributed by atoms with Crippen molar-refractivity contribution in [3.63, 3.8) is 0 Å². The summed E-state index contributed by atoms with van der Waals surface area (Å²) >= 11 is 0. The van der Waals surface area contributed by atoms with Crippen molar-refractivity contribution in [1.29, 1.82) is 0 Å². The summed E-state index contributed by atoms with van der Waals surface area (Å²) in [5.74, 6) is 1.06. The van der Waals surface area contributed by atoms with Crippen LogP contribution in [0.3, 0.4) is 0 Å². The molecule has 0 spiro atoms. The molecule has 102 valence electrons. The minimum atomic E-state index is 0.0690. The first kappa shape index (κ1) is 12.3. The fraction of sp³-hybridized carbons (Fsp3) is 0.615. The number of nitrogens with zero attached hydrogens (tertiary/aromatic N) is 4. The highest BCUT2D eigenvalue weighted by molar-refractivity contribution is 5.79. The van der Waals surface area contributed by atoms with Gasteiger partial charge in [0, 0.05) is 45.2 Å². The van der Waals surface area contributed by atoms with Gasteiger partial charge in [0.2, 0.25) is 11.9 Å². The van der Waals surface area contributed by atoms with E-state index >= 15 is 0 Å². The van der Waals surface area contributed by atoms with E-state index in [1.54, 1.807) is 12.4 Å². The fourth-order valence-corrected chi connectivity index (χ4v) is 2.57. The van der Waals surface area contributed by atoms with Crippen LogP contribution in [0.5, 0.6) is 0 Å². The lowest BCUT2D eigenvalue weighted by Gasteiger charge is -2.35. The summed E-state index contributed by atoms with van der Waals surface area (Å²) in [6, 6.07) is 1.81. The second-order valence-corrected chi connectivity index (χ2v) is 4.92. The summed E-state index contributed by atoms with van der Waals surface area (Å²) in [6.45, 7) is 4.38. The summed E-state index contributed by atoms with van der Waals surface area (Å²) < 4.78 is 5.28. The molecule has 1 atom stereocenters. The van der Waals surface area contributed by atoms with Crippen LogP contribution in [0.2, 0.25) is 0 Å². The molecule has 3 rings (SSSR count). The van der Waals surface area contributed by atoms with E-state index in [9.17, 15) is 4.79 Å². The number of rotatable bonds is 2. The van der Waals surface area contributed by atoms with Gasteiger partial charge in [-0.15, -0.1) is 0 Å². The molecule has 2 saturated heterocycles. The maximum atomic E-state index is 12.2. The van der Waals surface area contributed by atoms with Crippen molar-refractivity contribution in [2.75, 3.05) is 44.3 Å². The maximum absolute atomic E-state index is 12.2. The van der Waals surface area contributed by atoms with Crippen molar-refractivity contribution in [2.24, 2.45) is 5.92 Å². The zero-order valence-electron chi connectivity index (χ0n) is 10.9. The van der Waals surface area contributed by atoms with E-state index in [0.717, 1.165) is 38.5 Å². The smallest absolute Gasteiger partial charge is 0.228 e. The van der Waals surface area contributed by atoms with Gasteiger partial charge in [-0.05, 0) is 12.5 Å². The van der Waals surface area contributed by atoms with Crippen LogP contribution in [0, 0.1) is 5.92 Å². The predicted molar refractivity (Wildman–Crippen MR) is 69.8 cm³/mol. The Kier molecular flexibility index (Phi) is 3.59. The monoisotopic (exact) mass is 262 g/mol. The van der Waals surface area contributed by atoms with Crippen molar-refractivity contribution in [2.45, 2.75) is 6.42 Å². The zero-order valence-corrected chi connectivity index (χ0v) is 10.9. The molecule has 0 radical (unpaired) electrons. The summed E-state index contributed by atoms with van der Waals surface area (Å²) in [7, 11) is 0. The van der Waals surface area contributed by atoms with Crippen LogP contribution < -0.4 is 4.90 Å². The zero-order chi connectivity index (χ0) is 13.1. The van der Waals surface area contributed by atoms with E-state index in [2.05, 4.69) is 14.9 Å². The third-order valence-electron chi connectivity index (χ3n) is 3.71. The predicted octanol–water partition coefficient (Wildman–Crippen LogP) is 0.162. The van der Waals surface area contributed by atoms with E-state index in [4.69, 9.17) is 4.74 Å². The summed E-state index contributed by atoms with van der Waals surface area (Å²) in [4.78, 5) is 24.8. The topological polar surface area (TPSA) is 58.6 Å². The molecule has 0 N–H and O–H groups in total. The van der Waals surface area contributed by atoms with Crippen molar-refractivity contribution >= 4 is 11.9 Å². The number of aromatic nitrogens is 2. The van der Waals surface area contributed by atoms with Gasteiger partial charge in [-0.25, -0.2) is 9.97 Å². The van der Waals surface area contributed by atoms with Gasteiger partial charge in [0.15, 0.2) is 0 Å². The number of carbonyl (C=O) groups is 1.